The number of nitrogens with zero attached hydrogens (tertiary/aromatic N) is 3. The number of hydrogen-bond donors (Lipinski definition) is 1. The molecule has 0 atom stereocenters. The van der Waals surface area contributed by atoms with Crippen molar-refractivity contribution in [2.45, 2.75) is 12.2 Å². The van der Waals surface area contributed by atoms with Crippen LogP contribution in [0.4, 0.5) is 0 Å². The molecule has 0 aliphatic carbocycles. The largest absolute Gasteiger partial charge is 0.403 e. The van der Waals surface area contributed by atoms with Crippen LogP contribution in [-0.4, -0.2) is 15.8 Å². The van der Waals surface area contributed by atoms with Crippen molar-refractivity contribution in [2.75, 3.05) is 0 Å². The van der Waals surface area contributed by atoms with Crippen molar-refractivity contribution in [1.82, 2.24) is 9.65 Å². The van der Waals surface area contributed by atoms with Crippen molar-refractivity contribution in [3.63, 3.8) is 0 Å². The predicted octanol–water partition coefficient (Wildman–Crippen LogP) is 1.03. The van der Waals surface area contributed by atoms with Crippen molar-refractivity contribution in [2.24, 2.45) is 5.73 Å². The van der Waals surface area contributed by atoms with Crippen molar-refractivity contribution in [3.8, 4) is 6.07 Å². The maximum atomic E-state index is 8.65. The summed E-state index contributed by atoms with van der Waals surface area (Å²) in [5.41, 5.74) is 8.45. The summed E-state index contributed by atoms with van der Waals surface area (Å²) in [7, 11) is 0. The van der Waals surface area contributed by atoms with Gasteiger partial charge in [-0.15, -0.1) is 0 Å². The molecule has 0 aliphatic rings. The minimum atomic E-state index is 0.350. The topological polar surface area (TPSA) is 76.8 Å². The first-order chi connectivity index (χ1) is 7.77. The van der Waals surface area contributed by atoms with E-state index < -0.39 is 0 Å². The Kier molecular flexibility index (Phi) is 5.44. The van der Waals surface area contributed by atoms with E-state index in [2.05, 4.69) is 15.7 Å². The van der Waals surface area contributed by atoms with Gasteiger partial charge in [0.1, 0.15) is 0 Å². The van der Waals surface area contributed by atoms with Crippen LogP contribution in [0.1, 0.15) is 11.3 Å². The van der Waals surface area contributed by atoms with Gasteiger partial charge in [0.05, 0.1) is 18.2 Å². The van der Waals surface area contributed by atoms with Gasteiger partial charge in [0.25, 0.3) is 5.67 Å². The van der Waals surface area contributed by atoms with Gasteiger partial charge >= 0.3 is 5.17 Å². The van der Waals surface area contributed by atoms with Crippen LogP contribution in [0.25, 0.3) is 0 Å². The maximum absolute atomic E-state index is 8.65. The molecule has 0 radical (unpaired) electrons. The summed E-state index contributed by atoms with van der Waals surface area (Å²) in [5.74, 6) is 0.581. The molecular formula is C10H10ClN4S+. The molecule has 0 amide bonds. The van der Waals surface area contributed by atoms with E-state index in [9.17, 15) is 0 Å². The number of hydrogen-bond acceptors (Lipinski definition) is 3. The van der Waals surface area contributed by atoms with Crippen LogP contribution in [0, 0.1) is 11.3 Å². The molecular weight excluding hydrogens is 244 g/mol. The molecule has 0 fully saturated rings. The zero-order chi connectivity index (χ0) is 11.8. The van der Waals surface area contributed by atoms with Gasteiger partial charge in [0.2, 0.25) is 0 Å². The number of nitriles is 1. The fourth-order valence-corrected chi connectivity index (χ4v) is 1.91. The highest BCUT2D eigenvalue weighted by atomic mass is 35.5. The average molecular weight is 254 g/mol. The number of pyridine rings is 1. The second-order valence-electron chi connectivity index (χ2n) is 2.80. The fraction of sp³-hybridized carbons (Fsp3) is 0.200. The third-order valence-electron chi connectivity index (χ3n) is 1.79. The molecule has 0 saturated heterocycles. The second kappa shape index (κ2) is 6.91. The van der Waals surface area contributed by atoms with Gasteiger partial charge in [-0.3, -0.25) is 10.7 Å². The number of amidine groups is 1. The predicted molar refractivity (Wildman–Crippen MR) is 68.1 cm³/mol. The van der Waals surface area contributed by atoms with E-state index in [0.29, 0.717) is 17.3 Å². The fourth-order valence-electron chi connectivity index (χ4n) is 1.08. The zero-order valence-corrected chi connectivity index (χ0v) is 10.0. The van der Waals surface area contributed by atoms with Gasteiger partial charge in [-0.05, 0) is 35.0 Å². The smallest absolute Gasteiger partial charge is 0.267 e. The summed E-state index contributed by atoms with van der Waals surface area (Å²) in [5, 5.41) is 9.03. The molecule has 6 heteroatoms. The lowest BCUT2D eigenvalue weighted by Gasteiger charge is -2.01. The number of thioether (sulfide) groups is 1. The van der Waals surface area contributed by atoms with E-state index >= 15 is 0 Å². The number of halogens is 1. The Morgan fingerprint density at radius 3 is 3.25 bits per heavy atom. The summed E-state index contributed by atoms with van der Waals surface area (Å²) in [6.45, 7) is 0. The minimum absolute atomic E-state index is 0.350. The summed E-state index contributed by atoms with van der Waals surface area (Å²) in [6, 6.07) is 5.79. The highest BCUT2D eigenvalue weighted by Crippen LogP contribution is 2.13. The van der Waals surface area contributed by atoms with Crippen LogP contribution in [-0.2, 0) is 12.2 Å². The van der Waals surface area contributed by atoms with E-state index in [1.165, 1.54) is 11.8 Å². The Morgan fingerprint density at radius 2 is 2.56 bits per heavy atom. The van der Waals surface area contributed by atoms with E-state index in [1.54, 1.807) is 6.20 Å². The first kappa shape index (κ1) is 12.6. The first-order valence-electron chi connectivity index (χ1n) is 4.45. The second-order valence-corrected chi connectivity index (χ2v) is 3.99. The van der Waals surface area contributed by atoms with Crippen LogP contribution in [0.5, 0.6) is 0 Å². The summed E-state index contributed by atoms with van der Waals surface area (Å²) in [4.78, 5) is 4.20. The molecule has 16 heavy (non-hydrogen) atoms. The molecule has 0 spiro atoms. The molecule has 0 bridgehead atoms. The van der Waals surface area contributed by atoms with Crippen LogP contribution >= 0.6 is 23.4 Å². The normalized spacial score (nSPS) is 9.00. The van der Waals surface area contributed by atoms with Crippen molar-refractivity contribution in [3.05, 3.63) is 29.6 Å². The van der Waals surface area contributed by atoms with E-state index in [0.717, 1.165) is 16.9 Å². The third-order valence-corrected chi connectivity index (χ3v) is 2.70. The molecule has 2 N–H and O–H groups in total. The number of aromatic nitrogens is 1. The van der Waals surface area contributed by atoms with Gasteiger partial charge < -0.3 is 0 Å². The third kappa shape index (κ3) is 3.95. The number of rotatable bonds is 3. The highest BCUT2D eigenvalue weighted by Gasteiger charge is 2.07. The van der Waals surface area contributed by atoms with Gasteiger partial charge in [-0.1, -0.05) is 6.07 Å². The maximum Gasteiger partial charge on any atom is 0.403 e. The monoisotopic (exact) mass is 253 g/mol. The lowest BCUT2D eigenvalue weighted by molar-refractivity contribution is 1.09. The van der Waals surface area contributed by atoms with E-state index in [1.807, 2.05) is 12.1 Å². The molecule has 1 aromatic rings. The van der Waals surface area contributed by atoms with Crippen LogP contribution in [0.3, 0.4) is 0 Å². The standard InChI is InChI=1S/C10H9ClN4S/c11-7-15-10(13)16-6-9-8(3-4-12)2-1-5-14-9/h1-2,5,7,13H,3,6H2/p+1. The molecule has 4 nitrogen and oxygen atoms in total. The van der Waals surface area contributed by atoms with Crippen molar-refractivity contribution < 1.29 is 0 Å². The molecule has 1 aromatic heterocycles. The molecule has 1 heterocycles. The average Bonchev–Trinajstić information content (AvgIpc) is 2.29. The number of nitrogens with two attached hydrogens (primary N) is 1. The van der Waals surface area contributed by atoms with Gasteiger partial charge in [0.15, 0.2) is 0 Å². The summed E-state index contributed by atoms with van der Waals surface area (Å²) < 4.78 is 3.72. The Morgan fingerprint density at radius 1 is 1.75 bits per heavy atom. The molecule has 82 valence electrons. The lowest BCUT2D eigenvalue weighted by Crippen LogP contribution is -2.10. The Bertz CT molecular complexity index is 460. The summed E-state index contributed by atoms with van der Waals surface area (Å²) in [6.07, 6.45) is 2.04. The SMILES string of the molecule is N#CCc1cccnc1CSC(N)=[N+]=CCl. The van der Waals surface area contributed by atoms with Crippen molar-refractivity contribution >= 4 is 34.2 Å². The Hall–Kier alpha value is -1.47. The zero-order valence-electron chi connectivity index (χ0n) is 8.43. The van der Waals surface area contributed by atoms with Crippen LogP contribution in [0.2, 0.25) is 0 Å². The van der Waals surface area contributed by atoms with Gasteiger partial charge in [0, 0.05) is 11.9 Å². The van der Waals surface area contributed by atoms with E-state index in [4.69, 9.17) is 22.6 Å². The van der Waals surface area contributed by atoms with Crippen LogP contribution < -0.4 is 10.4 Å². The quantitative estimate of drug-likeness (QED) is 0.496. The lowest BCUT2D eigenvalue weighted by atomic mass is 10.1. The highest BCUT2D eigenvalue weighted by molar-refractivity contribution is 8.13. The Labute approximate surface area is 103 Å². The molecule has 0 saturated carbocycles. The van der Waals surface area contributed by atoms with Crippen molar-refractivity contribution in [1.29, 1.82) is 5.26 Å². The summed E-state index contributed by atoms with van der Waals surface area (Å²) >= 11 is 6.63. The molecule has 0 aliphatic heterocycles. The van der Waals surface area contributed by atoms with Gasteiger partial charge in [-0.2, -0.15) is 9.93 Å². The molecule has 0 aromatic carbocycles. The molecule has 1 rings (SSSR count). The first-order valence-corrected chi connectivity index (χ1v) is 5.87. The Balaban J connectivity index is 2.74. The van der Waals surface area contributed by atoms with Gasteiger partial charge in [-0.25, -0.2) is 0 Å². The van der Waals surface area contributed by atoms with Crippen LogP contribution in [0.15, 0.2) is 18.3 Å². The molecule has 0 unspecified atom stereocenters. The minimum Gasteiger partial charge on any atom is -0.267 e. The van der Waals surface area contributed by atoms with E-state index in [-0.39, 0.29) is 0 Å².